The zero-order valence-electron chi connectivity index (χ0n) is 14.7. The minimum Gasteiger partial charge on any atom is -0.368 e. The molecule has 1 aliphatic rings. The number of hydrogen-bond acceptors (Lipinski definition) is 3. The van der Waals surface area contributed by atoms with E-state index in [1.165, 1.54) is 16.8 Å². The van der Waals surface area contributed by atoms with E-state index in [-0.39, 0.29) is 0 Å². The van der Waals surface area contributed by atoms with Gasteiger partial charge in [-0.1, -0.05) is 30.3 Å². The average Bonchev–Trinajstić information content (AvgIpc) is 2.64. The quantitative estimate of drug-likeness (QED) is 0.857. The third-order valence-electron chi connectivity index (χ3n) is 4.71. The van der Waals surface area contributed by atoms with Crippen molar-refractivity contribution in [3.63, 3.8) is 0 Å². The lowest BCUT2D eigenvalue weighted by Gasteiger charge is -2.36. The topological polar surface area (TPSA) is 52.7 Å². The van der Waals surface area contributed by atoms with Gasteiger partial charge in [0.15, 0.2) is 0 Å². The first kappa shape index (κ1) is 17.0. The van der Waals surface area contributed by atoms with Gasteiger partial charge >= 0.3 is 11.8 Å². The van der Waals surface area contributed by atoms with Crippen LogP contribution in [0, 0.1) is 13.8 Å². The van der Waals surface area contributed by atoms with Crippen LogP contribution in [0.1, 0.15) is 11.1 Å². The first-order chi connectivity index (χ1) is 12.1. The van der Waals surface area contributed by atoms with Gasteiger partial charge in [-0.25, -0.2) is 0 Å². The van der Waals surface area contributed by atoms with Crippen molar-refractivity contribution in [3.8, 4) is 0 Å². The minimum atomic E-state index is -0.577. The van der Waals surface area contributed by atoms with Crippen LogP contribution < -0.4 is 10.2 Å². The largest absolute Gasteiger partial charge is 0.368 e. The molecule has 0 unspecified atom stereocenters. The summed E-state index contributed by atoms with van der Waals surface area (Å²) >= 11 is 0. The predicted octanol–water partition coefficient (Wildman–Crippen LogP) is 2.59. The lowest BCUT2D eigenvalue weighted by atomic mass is 10.1. The number of benzene rings is 2. The zero-order chi connectivity index (χ0) is 17.8. The highest BCUT2D eigenvalue weighted by molar-refractivity contribution is 6.39. The lowest BCUT2D eigenvalue weighted by Crippen LogP contribution is -2.51. The molecule has 5 heteroatoms. The average molecular weight is 337 g/mol. The van der Waals surface area contributed by atoms with Crippen molar-refractivity contribution in [1.29, 1.82) is 0 Å². The molecule has 2 aromatic rings. The number of anilines is 2. The molecule has 2 aromatic carbocycles. The Morgan fingerprint density at radius 1 is 0.880 bits per heavy atom. The molecular weight excluding hydrogens is 314 g/mol. The van der Waals surface area contributed by atoms with Crippen molar-refractivity contribution in [2.24, 2.45) is 0 Å². The third kappa shape index (κ3) is 3.82. The summed E-state index contributed by atoms with van der Waals surface area (Å²) in [7, 11) is 0. The van der Waals surface area contributed by atoms with Crippen molar-refractivity contribution in [2.75, 3.05) is 36.4 Å². The van der Waals surface area contributed by atoms with E-state index in [9.17, 15) is 9.59 Å². The third-order valence-corrected chi connectivity index (χ3v) is 4.71. The highest BCUT2D eigenvalue weighted by atomic mass is 16.2. The fourth-order valence-corrected chi connectivity index (χ4v) is 3.08. The second kappa shape index (κ2) is 7.38. The van der Waals surface area contributed by atoms with E-state index in [2.05, 4.69) is 42.3 Å². The molecule has 1 fully saturated rings. The number of aryl methyl sites for hydroxylation is 1. The Balaban J connectivity index is 1.59. The van der Waals surface area contributed by atoms with Crippen LogP contribution in [0.2, 0.25) is 0 Å². The van der Waals surface area contributed by atoms with Crippen molar-refractivity contribution < 1.29 is 9.59 Å². The smallest absolute Gasteiger partial charge is 0.313 e. The Kier molecular flexibility index (Phi) is 5.03. The maximum absolute atomic E-state index is 12.4. The number of nitrogens with one attached hydrogen (secondary N) is 1. The Morgan fingerprint density at radius 2 is 1.56 bits per heavy atom. The molecule has 0 aliphatic carbocycles. The number of rotatable bonds is 2. The van der Waals surface area contributed by atoms with Crippen LogP contribution >= 0.6 is 0 Å². The fraction of sp³-hybridized carbons (Fsp3) is 0.300. The standard InChI is InChI=1S/C20H23N3O2/c1-15-7-6-10-18(16(15)2)22-11-13-23(14-12-22)20(25)19(24)21-17-8-4-3-5-9-17/h3-10H,11-14H2,1-2H3,(H,21,24). The van der Waals surface area contributed by atoms with E-state index < -0.39 is 11.8 Å². The summed E-state index contributed by atoms with van der Waals surface area (Å²) in [4.78, 5) is 28.4. The van der Waals surface area contributed by atoms with E-state index in [4.69, 9.17) is 0 Å². The van der Waals surface area contributed by atoms with Crippen LogP contribution in [0.15, 0.2) is 48.5 Å². The van der Waals surface area contributed by atoms with Gasteiger partial charge in [-0.05, 0) is 43.2 Å². The molecule has 0 bridgehead atoms. The van der Waals surface area contributed by atoms with Crippen LogP contribution in [0.25, 0.3) is 0 Å². The van der Waals surface area contributed by atoms with E-state index in [0.717, 1.165) is 13.1 Å². The Hall–Kier alpha value is -2.82. The summed E-state index contributed by atoms with van der Waals surface area (Å²) in [5.74, 6) is -1.05. The van der Waals surface area contributed by atoms with Gasteiger partial charge in [0.1, 0.15) is 0 Å². The highest BCUT2D eigenvalue weighted by Gasteiger charge is 2.26. The molecule has 0 radical (unpaired) electrons. The number of para-hydroxylation sites is 1. The van der Waals surface area contributed by atoms with Gasteiger partial charge in [-0.2, -0.15) is 0 Å². The van der Waals surface area contributed by atoms with Crippen LogP contribution in [0.3, 0.4) is 0 Å². The molecule has 130 valence electrons. The molecule has 1 saturated heterocycles. The maximum Gasteiger partial charge on any atom is 0.313 e. The maximum atomic E-state index is 12.4. The molecule has 5 nitrogen and oxygen atoms in total. The second-order valence-corrected chi connectivity index (χ2v) is 6.32. The predicted molar refractivity (Wildman–Crippen MR) is 99.8 cm³/mol. The van der Waals surface area contributed by atoms with Gasteiger partial charge in [0.25, 0.3) is 0 Å². The number of nitrogens with zero attached hydrogens (tertiary/aromatic N) is 2. The summed E-state index contributed by atoms with van der Waals surface area (Å²) in [6.07, 6.45) is 0. The number of hydrogen-bond donors (Lipinski definition) is 1. The molecule has 0 saturated carbocycles. The van der Waals surface area contributed by atoms with Crippen molar-refractivity contribution in [2.45, 2.75) is 13.8 Å². The van der Waals surface area contributed by atoms with Gasteiger partial charge in [0.05, 0.1) is 0 Å². The molecule has 0 atom stereocenters. The molecule has 0 spiro atoms. The van der Waals surface area contributed by atoms with E-state index in [1.54, 1.807) is 17.0 Å². The van der Waals surface area contributed by atoms with Crippen LogP contribution in [-0.4, -0.2) is 42.9 Å². The number of piperazine rings is 1. The number of carbonyl (C=O) groups excluding carboxylic acids is 2. The Labute approximate surface area is 148 Å². The second-order valence-electron chi connectivity index (χ2n) is 6.32. The zero-order valence-corrected chi connectivity index (χ0v) is 14.7. The first-order valence-corrected chi connectivity index (χ1v) is 8.53. The normalized spacial score (nSPS) is 14.3. The molecule has 3 rings (SSSR count). The summed E-state index contributed by atoms with van der Waals surface area (Å²) in [6.45, 7) is 6.79. The van der Waals surface area contributed by atoms with Crippen LogP contribution in [-0.2, 0) is 9.59 Å². The van der Waals surface area contributed by atoms with Gasteiger partial charge in [-0.3, -0.25) is 9.59 Å². The van der Waals surface area contributed by atoms with Gasteiger partial charge < -0.3 is 15.1 Å². The molecule has 25 heavy (non-hydrogen) atoms. The lowest BCUT2D eigenvalue weighted by molar-refractivity contribution is -0.143. The van der Waals surface area contributed by atoms with Gasteiger partial charge in [0, 0.05) is 37.6 Å². The molecule has 0 aromatic heterocycles. The summed E-state index contributed by atoms with van der Waals surface area (Å²) < 4.78 is 0. The van der Waals surface area contributed by atoms with Crippen LogP contribution in [0.4, 0.5) is 11.4 Å². The first-order valence-electron chi connectivity index (χ1n) is 8.53. The Bertz CT molecular complexity index is 766. The minimum absolute atomic E-state index is 0.468. The number of carbonyl (C=O) groups is 2. The van der Waals surface area contributed by atoms with Gasteiger partial charge in [0.2, 0.25) is 0 Å². The van der Waals surface area contributed by atoms with Crippen molar-refractivity contribution >= 4 is 23.2 Å². The van der Waals surface area contributed by atoms with E-state index >= 15 is 0 Å². The molecular formula is C20H23N3O2. The Morgan fingerprint density at radius 3 is 2.24 bits per heavy atom. The van der Waals surface area contributed by atoms with Gasteiger partial charge in [-0.15, -0.1) is 0 Å². The monoisotopic (exact) mass is 337 g/mol. The summed E-state index contributed by atoms with van der Waals surface area (Å²) in [5.41, 5.74) is 4.37. The molecule has 1 N–H and O–H groups in total. The molecule has 1 heterocycles. The van der Waals surface area contributed by atoms with E-state index in [0.29, 0.717) is 18.8 Å². The number of amides is 2. The molecule has 2 amide bonds. The van der Waals surface area contributed by atoms with Crippen molar-refractivity contribution in [3.05, 3.63) is 59.7 Å². The summed E-state index contributed by atoms with van der Waals surface area (Å²) in [6, 6.07) is 15.3. The van der Waals surface area contributed by atoms with E-state index in [1.807, 2.05) is 18.2 Å². The fourth-order valence-electron chi connectivity index (χ4n) is 3.08. The SMILES string of the molecule is Cc1cccc(N2CCN(C(=O)C(=O)Nc3ccccc3)CC2)c1C. The highest BCUT2D eigenvalue weighted by Crippen LogP contribution is 2.23. The molecule has 1 aliphatic heterocycles. The summed E-state index contributed by atoms with van der Waals surface area (Å²) in [5, 5.41) is 2.65. The van der Waals surface area contributed by atoms with Crippen LogP contribution in [0.5, 0.6) is 0 Å². The van der Waals surface area contributed by atoms with Crippen molar-refractivity contribution in [1.82, 2.24) is 4.90 Å².